The fourth-order valence-electron chi connectivity index (χ4n) is 1.94. The highest BCUT2D eigenvalue weighted by molar-refractivity contribution is 8.02. The third-order valence-corrected chi connectivity index (χ3v) is 4.12. The Kier molecular flexibility index (Phi) is 6.75. The van der Waals surface area contributed by atoms with E-state index in [1.54, 1.807) is 0 Å². The van der Waals surface area contributed by atoms with Gasteiger partial charge in [0.2, 0.25) is 0 Å². The Hall–Kier alpha value is -1.90. The van der Waals surface area contributed by atoms with E-state index in [4.69, 9.17) is 0 Å². The highest BCUT2D eigenvalue weighted by Gasteiger charge is 2.47. The SMILES string of the molecule is C=CCC(/C=C/c1ccc(C(F)(F)F)cc1)(SC(F)(F)F)C(=O)OC. The van der Waals surface area contributed by atoms with Crippen molar-refractivity contribution in [3.05, 3.63) is 54.1 Å². The number of esters is 1. The van der Waals surface area contributed by atoms with E-state index in [9.17, 15) is 31.1 Å². The summed E-state index contributed by atoms with van der Waals surface area (Å²) in [5.74, 6) is -1.14. The maximum Gasteiger partial charge on any atom is 0.443 e. The molecule has 2 nitrogen and oxygen atoms in total. The first-order valence-corrected chi connectivity index (χ1v) is 7.58. The molecule has 138 valence electrons. The number of benzene rings is 1. The Morgan fingerprint density at radius 1 is 1.16 bits per heavy atom. The van der Waals surface area contributed by atoms with E-state index in [0.29, 0.717) is 0 Å². The molecule has 0 amide bonds. The van der Waals surface area contributed by atoms with Gasteiger partial charge in [-0.25, -0.2) is 0 Å². The van der Waals surface area contributed by atoms with Crippen molar-refractivity contribution in [1.29, 1.82) is 0 Å². The van der Waals surface area contributed by atoms with E-state index in [0.717, 1.165) is 49.6 Å². The van der Waals surface area contributed by atoms with Gasteiger partial charge in [-0.3, -0.25) is 4.79 Å². The van der Waals surface area contributed by atoms with Crippen LogP contribution in [-0.4, -0.2) is 23.3 Å². The van der Waals surface area contributed by atoms with Crippen molar-refractivity contribution in [1.82, 2.24) is 0 Å². The van der Waals surface area contributed by atoms with Crippen LogP contribution in [0.4, 0.5) is 26.3 Å². The Labute approximate surface area is 144 Å². The van der Waals surface area contributed by atoms with E-state index in [2.05, 4.69) is 11.3 Å². The van der Waals surface area contributed by atoms with Crippen LogP contribution in [-0.2, 0) is 15.7 Å². The Morgan fingerprint density at radius 3 is 2.12 bits per heavy atom. The van der Waals surface area contributed by atoms with E-state index in [1.165, 1.54) is 0 Å². The lowest BCUT2D eigenvalue weighted by molar-refractivity contribution is -0.142. The molecule has 1 aromatic carbocycles. The van der Waals surface area contributed by atoms with Crippen molar-refractivity contribution in [2.75, 3.05) is 7.11 Å². The summed E-state index contributed by atoms with van der Waals surface area (Å²) in [6.07, 6.45) is -1.67. The fourth-order valence-corrected chi connectivity index (χ4v) is 2.86. The molecule has 1 aromatic rings. The second-order valence-electron chi connectivity index (χ2n) is 4.87. The van der Waals surface area contributed by atoms with E-state index in [1.807, 2.05) is 0 Å². The van der Waals surface area contributed by atoms with Gasteiger partial charge in [0.25, 0.3) is 0 Å². The summed E-state index contributed by atoms with van der Waals surface area (Å²) < 4.78 is 78.4. The highest BCUT2D eigenvalue weighted by Crippen LogP contribution is 2.45. The second kappa shape index (κ2) is 7.99. The van der Waals surface area contributed by atoms with Crippen LogP contribution in [0.2, 0.25) is 0 Å². The van der Waals surface area contributed by atoms with Gasteiger partial charge in [0.1, 0.15) is 4.75 Å². The van der Waals surface area contributed by atoms with Crippen LogP contribution in [0.1, 0.15) is 17.5 Å². The molecule has 0 saturated carbocycles. The molecule has 1 atom stereocenters. The maximum absolute atomic E-state index is 12.8. The molecule has 0 N–H and O–H groups in total. The first-order chi connectivity index (χ1) is 11.4. The van der Waals surface area contributed by atoms with Gasteiger partial charge < -0.3 is 4.74 Å². The van der Waals surface area contributed by atoms with E-state index < -0.39 is 39.7 Å². The number of hydrogen-bond donors (Lipinski definition) is 0. The third kappa shape index (κ3) is 6.15. The second-order valence-corrected chi connectivity index (χ2v) is 6.27. The van der Waals surface area contributed by atoms with Gasteiger partial charge in [0.05, 0.1) is 12.7 Å². The molecule has 9 heteroatoms. The zero-order valence-electron chi connectivity index (χ0n) is 12.9. The van der Waals surface area contributed by atoms with Crippen LogP contribution in [0.15, 0.2) is 43.0 Å². The number of carbonyl (C=O) groups is 1. The zero-order chi connectivity index (χ0) is 19.3. The number of halogens is 6. The van der Waals surface area contributed by atoms with Crippen molar-refractivity contribution in [3.63, 3.8) is 0 Å². The molecule has 0 fully saturated rings. The van der Waals surface area contributed by atoms with Crippen molar-refractivity contribution >= 4 is 23.8 Å². The molecule has 0 bridgehead atoms. The smallest absolute Gasteiger partial charge is 0.443 e. The van der Waals surface area contributed by atoms with Gasteiger partial charge in [-0.05, 0) is 35.9 Å². The summed E-state index contributed by atoms with van der Waals surface area (Å²) in [7, 11) is 0.947. The third-order valence-electron chi connectivity index (χ3n) is 3.06. The summed E-state index contributed by atoms with van der Waals surface area (Å²) in [4.78, 5) is 11.9. The number of methoxy groups -OCH3 is 1. The summed E-state index contributed by atoms with van der Waals surface area (Å²) in [6.45, 7) is 3.34. The fraction of sp³-hybridized carbons (Fsp3) is 0.312. The maximum atomic E-state index is 12.8. The highest BCUT2D eigenvalue weighted by atomic mass is 32.2. The quantitative estimate of drug-likeness (QED) is 0.370. The number of carbonyl (C=O) groups excluding carboxylic acids is 1. The molecular formula is C16H14F6O2S. The minimum atomic E-state index is -4.73. The van der Waals surface area contributed by atoms with Crippen molar-refractivity contribution in [2.45, 2.75) is 22.9 Å². The lowest BCUT2D eigenvalue weighted by Gasteiger charge is -2.26. The molecule has 1 unspecified atom stereocenters. The molecule has 0 aliphatic rings. The lowest BCUT2D eigenvalue weighted by atomic mass is 10.0. The standard InChI is InChI=1S/C16H14F6O2S/c1-3-9-14(13(23)24-2,25-16(20,21)22)10-8-11-4-6-12(7-5-11)15(17,18)19/h3-8,10H,1,9H2,2H3/b10-8+. The molecule has 0 aliphatic carbocycles. The number of hydrogen-bond acceptors (Lipinski definition) is 3. The molecule has 0 spiro atoms. The van der Waals surface area contributed by atoms with Crippen LogP contribution in [0.5, 0.6) is 0 Å². The zero-order valence-corrected chi connectivity index (χ0v) is 13.8. The predicted molar refractivity (Wildman–Crippen MR) is 83.7 cm³/mol. The minimum Gasteiger partial charge on any atom is -0.468 e. The van der Waals surface area contributed by atoms with Crippen LogP contribution in [0, 0.1) is 0 Å². The Bertz CT molecular complexity index is 634. The molecule has 0 heterocycles. The summed E-state index contributed by atoms with van der Waals surface area (Å²) in [5.41, 5.74) is -5.42. The topological polar surface area (TPSA) is 26.3 Å². The van der Waals surface area contributed by atoms with Crippen LogP contribution < -0.4 is 0 Å². The molecular weight excluding hydrogens is 370 g/mol. The van der Waals surface area contributed by atoms with Crippen LogP contribution in [0.25, 0.3) is 6.08 Å². The predicted octanol–water partition coefficient (Wildman–Crippen LogP) is 5.46. The minimum absolute atomic E-state index is 0.202. The van der Waals surface area contributed by atoms with Crippen LogP contribution >= 0.6 is 11.8 Å². The summed E-state index contributed by atoms with van der Waals surface area (Å²) >= 11 is -0.579. The van der Waals surface area contributed by atoms with Crippen molar-refractivity contribution in [2.24, 2.45) is 0 Å². The summed E-state index contributed by atoms with van der Waals surface area (Å²) in [5, 5.41) is 0. The number of rotatable bonds is 6. The van der Waals surface area contributed by atoms with Gasteiger partial charge in [-0.1, -0.05) is 30.4 Å². The van der Waals surface area contributed by atoms with Crippen LogP contribution in [0.3, 0.4) is 0 Å². The van der Waals surface area contributed by atoms with Gasteiger partial charge in [0.15, 0.2) is 0 Å². The van der Waals surface area contributed by atoms with E-state index in [-0.39, 0.29) is 12.0 Å². The number of alkyl halides is 6. The molecule has 0 aliphatic heterocycles. The lowest BCUT2D eigenvalue weighted by Crippen LogP contribution is -2.36. The first kappa shape index (κ1) is 21.1. The first-order valence-electron chi connectivity index (χ1n) is 6.76. The monoisotopic (exact) mass is 384 g/mol. The van der Waals surface area contributed by atoms with E-state index >= 15 is 0 Å². The van der Waals surface area contributed by atoms with Gasteiger partial charge in [0, 0.05) is 0 Å². The van der Waals surface area contributed by atoms with Crippen molar-refractivity contribution < 1.29 is 35.9 Å². The average molecular weight is 384 g/mol. The van der Waals surface area contributed by atoms with Gasteiger partial charge in [-0.2, -0.15) is 26.3 Å². The number of ether oxygens (including phenoxy) is 1. The molecule has 0 saturated heterocycles. The molecule has 25 heavy (non-hydrogen) atoms. The molecule has 1 rings (SSSR count). The molecule has 0 aromatic heterocycles. The normalized spacial score (nSPS) is 15.0. The number of thioether (sulfide) groups is 1. The number of allylic oxidation sites excluding steroid dienone is 1. The van der Waals surface area contributed by atoms with Gasteiger partial charge in [-0.15, -0.1) is 6.58 Å². The average Bonchev–Trinajstić information content (AvgIpc) is 2.50. The Morgan fingerprint density at radius 2 is 1.72 bits per heavy atom. The van der Waals surface area contributed by atoms with Gasteiger partial charge >= 0.3 is 17.7 Å². The van der Waals surface area contributed by atoms with Crippen molar-refractivity contribution in [3.8, 4) is 0 Å². The summed E-state index contributed by atoms with van der Waals surface area (Å²) in [6, 6.07) is 3.77. The molecule has 0 radical (unpaired) electrons. The largest absolute Gasteiger partial charge is 0.468 e. The Balaban J connectivity index is 3.21.